The Kier molecular flexibility index (Phi) is 3.23. The smallest absolute Gasteiger partial charge is 0.432 e. The molecule has 0 aliphatic heterocycles. The van der Waals surface area contributed by atoms with Crippen molar-refractivity contribution >= 4 is 34.4 Å². The Morgan fingerprint density at radius 1 is 1.14 bits per heavy atom. The van der Waals surface area contributed by atoms with Gasteiger partial charge in [0.05, 0.1) is 5.52 Å². The summed E-state index contributed by atoms with van der Waals surface area (Å²) < 4.78 is 0.801. The van der Waals surface area contributed by atoms with E-state index in [1.165, 1.54) is 0 Å². The number of fused-ring (bicyclic) bond motifs is 1. The first-order chi connectivity index (χ1) is 10.6. The van der Waals surface area contributed by atoms with Crippen LogP contribution in [0.5, 0.6) is 0 Å². The molecule has 4 N–H and O–H groups in total. The van der Waals surface area contributed by atoms with Gasteiger partial charge in [0, 0.05) is 16.6 Å². The van der Waals surface area contributed by atoms with Gasteiger partial charge in [-0.05, 0) is 30.3 Å². The van der Waals surface area contributed by atoms with Crippen LogP contribution in [0.3, 0.4) is 0 Å². The van der Waals surface area contributed by atoms with Crippen LogP contribution < -0.4 is 11.1 Å². The van der Waals surface area contributed by atoms with E-state index in [2.05, 4.69) is 10.4 Å². The summed E-state index contributed by atoms with van der Waals surface area (Å²) in [7, 11) is 0. The topological polar surface area (TPSA) is 110 Å². The van der Waals surface area contributed by atoms with Crippen molar-refractivity contribution < 1.29 is 14.7 Å². The molecule has 0 saturated carbocycles. The molecule has 0 fully saturated rings. The molecule has 2 aromatic carbocycles. The lowest BCUT2D eigenvalue weighted by atomic mass is 10.2. The van der Waals surface area contributed by atoms with Crippen molar-refractivity contribution in [3.63, 3.8) is 0 Å². The van der Waals surface area contributed by atoms with Gasteiger partial charge in [-0.25, -0.2) is 4.79 Å². The lowest BCUT2D eigenvalue weighted by Crippen LogP contribution is -2.14. The maximum atomic E-state index is 12.2. The monoisotopic (exact) mass is 296 g/mol. The van der Waals surface area contributed by atoms with Gasteiger partial charge < -0.3 is 16.2 Å². The summed E-state index contributed by atoms with van der Waals surface area (Å²) in [6.45, 7) is 0. The highest BCUT2D eigenvalue weighted by molar-refractivity contribution is 6.09. The molecular weight excluding hydrogens is 284 g/mol. The van der Waals surface area contributed by atoms with Gasteiger partial charge in [0.15, 0.2) is 5.82 Å². The number of rotatable bonds is 2. The molecule has 1 amide bonds. The van der Waals surface area contributed by atoms with Crippen molar-refractivity contribution in [3.05, 3.63) is 54.1 Å². The first kappa shape index (κ1) is 13.6. The molecule has 22 heavy (non-hydrogen) atoms. The zero-order chi connectivity index (χ0) is 15.7. The van der Waals surface area contributed by atoms with E-state index < -0.39 is 6.09 Å². The number of anilines is 2. The van der Waals surface area contributed by atoms with E-state index in [1.807, 2.05) is 0 Å². The van der Waals surface area contributed by atoms with E-state index in [0.717, 1.165) is 4.68 Å². The van der Waals surface area contributed by atoms with Gasteiger partial charge in [0.1, 0.15) is 0 Å². The highest BCUT2D eigenvalue weighted by Crippen LogP contribution is 2.25. The summed E-state index contributed by atoms with van der Waals surface area (Å²) in [5, 5.41) is 16.2. The van der Waals surface area contributed by atoms with Crippen LogP contribution in [-0.2, 0) is 0 Å². The van der Waals surface area contributed by atoms with E-state index in [9.17, 15) is 14.7 Å². The van der Waals surface area contributed by atoms with Crippen LogP contribution >= 0.6 is 0 Å². The van der Waals surface area contributed by atoms with Crippen molar-refractivity contribution in [1.82, 2.24) is 9.78 Å². The Bertz CT molecular complexity index is 871. The first-order valence-corrected chi connectivity index (χ1v) is 6.44. The highest BCUT2D eigenvalue weighted by atomic mass is 16.4. The summed E-state index contributed by atoms with van der Waals surface area (Å²) in [6, 6.07) is 13.3. The SMILES string of the molecule is Nc1ccc2c(c1)c(NC(=O)c1ccccc1)nn2C(=O)O. The normalized spacial score (nSPS) is 10.5. The number of carbonyl (C=O) groups excluding carboxylic acids is 1. The number of nitrogens with one attached hydrogen (secondary N) is 1. The van der Waals surface area contributed by atoms with Gasteiger partial charge in [0.25, 0.3) is 5.91 Å². The molecule has 1 heterocycles. The minimum atomic E-state index is -1.24. The van der Waals surface area contributed by atoms with E-state index in [4.69, 9.17) is 5.73 Å². The second-order valence-corrected chi connectivity index (χ2v) is 4.64. The standard InChI is InChI=1S/C15H12N4O3/c16-10-6-7-12-11(8-10)13(18-19(12)15(21)22)17-14(20)9-4-2-1-3-5-9/h1-8H,16H2,(H,21,22)(H,17,18,20). The first-order valence-electron chi connectivity index (χ1n) is 6.44. The van der Waals surface area contributed by atoms with Crippen LogP contribution in [0.4, 0.5) is 16.3 Å². The van der Waals surface area contributed by atoms with Gasteiger partial charge in [-0.1, -0.05) is 18.2 Å². The van der Waals surface area contributed by atoms with E-state index in [1.54, 1.807) is 48.5 Å². The number of benzene rings is 2. The van der Waals surface area contributed by atoms with Crippen LogP contribution in [0.2, 0.25) is 0 Å². The van der Waals surface area contributed by atoms with Gasteiger partial charge in [0.2, 0.25) is 0 Å². The van der Waals surface area contributed by atoms with Crippen LogP contribution in [-0.4, -0.2) is 26.9 Å². The van der Waals surface area contributed by atoms with Crippen LogP contribution in [0.25, 0.3) is 10.9 Å². The fraction of sp³-hybridized carbons (Fsp3) is 0. The van der Waals surface area contributed by atoms with Gasteiger partial charge in [-0.15, -0.1) is 5.10 Å². The molecule has 3 aromatic rings. The Balaban J connectivity index is 2.05. The van der Waals surface area contributed by atoms with E-state index in [0.29, 0.717) is 22.2 Å². The third-order valence-electron chi connectivity index (χ3n) is 3.15. The summed E-state index contributed by atoms with van der Waals surface area (Å²) in [4.78, 5) is 23.4. The lowest BCUT2D eigenvalue weighted by molar-refractivity contribution is 0.102. The molecule has 0 spiro atoms. The zero-order valence-corrected chi connectivity index (χ0v) is 11.4. The number of aromatic nitrogens is 2. The third kappa shape index (κ3) is 2.35. The van der Waals surface area contributed by atoms with Crippen LogP contribution in [0.1, 0.15) is 10.4 Å². The van der Waals surface area contributed by atoms with Gasteiger partial charge in [-0.3, -0.25) is 4.79 Å². The van der Waals surface area contributed by atoms with Gasteiger partial charge in [-0.2, -0.15) is 4.68 Å². The Hall–Kier alpha value is -3.35. The highest BCUT2D eigenvalue weighted by Gasteiger charge is 2.17. The maximum absolute atomic E-state index is 12.2. The van der Waals surface area contributed by atoms with Crippen LogP contribution in [0, 0.1) is 0 Å². The summed E-state index contributed by atoms with van der Waals surface area (Å²) in [6.07, 6.45) is -1.24. The fourth-order valence-corrected chi connectivity index (χ4v) is 2.14. The molecule has 0 atom stereocenters. The molecule has 0 aliphatic carbocycles. The van der Waals surface area contributed by atoms with Crippen LogP contribution in [0.15, 0.2) is 48.5 Å². The molecule has 3 rings (SSSR count). The molecule has 7 nitrogen and oxygen atoms in total. The molecule has 7 heteroatoms. The number of nitrogen functional groups attached to an aromatic ring is 1. The van der Waals surface area contributed by atoms with Gasteiger partial charge >= 0.3 is 6.09 Å². The summed E-state index contributed by atoms with van der Waals surface area (Å²) in [5.41, 5.74) is 6.97. The molecule has 0 saturated heterocycles. The zero-order valence-electron chi connectivity index (χ0n) is 11.4. The van der Waals surface area contributed by atoms with E-state index >= 15 is 0 Å². The molecule has 110 valence electrons. The number of carbonyl (C=O) groups is 2. The third-order valence-corrected chi connectivity index (χ3v) is 3.15. The number of carboxylic acid groups (broad SMARTS) is 1. The number of hydrogen-bond acceptors (Lipinski definition) is 4. The van der Waals surface area contributed by atoms with Crippen molar-refractivity contribution in [1.29, 1.82) is 0 Å². The molecule has 0 bridgehead atoms. The predicted octanol–water partition coefficient (Wildman–Crippen LogP) is 2.40. The Labute approximate surface area is 125 Å². The molecule has 0 aliphatic rings. The largest absolute Gasteiger partial charge is 0.463 e. The fourth-order valence-electron chi connectivity index (χ4n) is 2.14. The molecule has 1 aromatic heterocycles. The van der Waals surface area contributed by atoms with Crippen molar-refractivity contribution in [3.8, 4) is 0 Å². The quantitative estimate of drug-likeness (QED) is 0.629. The number of hydrogen-bond donors (Lipinski definition) is 3. The second-order valence-electron chi connectivity index (χ2n) is 4.64. The van der Waals surface area contributed by atoms with E-state index in [-0.39, 0.29) is 11.7 Å². The minimum Gasteiger partial charge on any atom is -0.463 e. The number of amides is 1. The minimum absolute atomic E-state index is 0.151. The summed E-state index contributed by atoms with van der Waals surface area (Å²) >= 11 is 0. The van der Waals surface area contributed by atoms with Crippen molar-refractivity contribution in [2.45, 2.75) is 0 Å². The molecule has 0 unspecified atom stereocenters. The number of nitrogens with zero attached hydrogens (tertiary/aromatic N) is 2. The lowest BCUT2D eigenvalue weighted by Gasteiger charge is -2.02. The maximum Gasteiger partial charge on any atom is 0.432 e. The predicted molar refractivity (Wildman–Crippen MR) is 82.0 cm³/mol. The average molecular weight is 296 g/mol. The van der Waals surface area contributed by atoms with Crippen molar-refractivity contribution in [2.24, 2.45) is 0 Å². The average Bonchev–Trinajstić information content (AvgIpc) is 2.86. The Morgan fingerprint density at radius 3 is 2.55 bits per heavy atom. The molecule has 0 radical (unpaired) electrons. The van der Waals surface area contributed by atoms with Crippen molar-refractivity contribution in [2.75, 3.05) is 11.1 Å². The summed E-state index contributed by atoms with van der Waals surface area (Å²) in [5.74, 6) is -0.224. The molecular formula is C15H12N4O3. The second kappa shape index (κ2) is 5.21. The Morgan fingerprint density at radius 2 is 1.86 bits per heavy atom. The number of nitrogens with two attached hydrogens (primary N) is 1.